The Labute approximate surface area is 206 Å². The van der Waals surface area contributed by atoms with E-state index in [-0.39, 0.29) is 11.7 Å². The van der Waals surface area contributed by atoms with Crippen LogP contribution >= 0.6 is 11.8 Å². The minimum atomic E-state index is -0.524. The number of nitrogens with two attached hydrogens (primary N) is 1. The molecule has 0 bridgehead atoms. The molecule has 3 N–H and O–H groups in total. The van der Waals surface area contributed by atoms with Crippen molar-refractivity contribution in [3.63, 3.8) is 0 Å². The van der Waals surface area contributed by atoms with E-state index >= 15 is 0 Å². The molecule has 35 heavy (non-hydrogen) atoms. The minimum Gasteiger partial charge on any atom is -0.497 e. The van der Waals surface area contributed by atoms with Gasteiger partial charge in [-0.25, -0.2) is 0 Å². The van der Waals surface area contributed by atoms with Gasteiger partial charge < -0.3 is 20.5 Å². The summed E-state index contributed by atoms with van der Waals surface area (Å²) < 4.78 is 12.4. The van der Waals surface area contributed by atoms with E-state index in [1.807, 2.05) is 53.1 Å². The summed E-state index contributed by atoms with van der Waals surface area (Å²) in [5, 5.41) is 12.1. The summed E-state index contributed by atoms with van der Waals surface area (Å²) >= 11 is 1.26. The largest absolute Gasteiger partial charge is 0.497 e. The summed E-state index contributed by atoms with van der Waals surface area (Å²) in [4.78, 5) is 23.8. The number of carbonyl (C=O) groups is 2. The first-order valence-corrected chi connectivity index (χ1v) is 11.5. The van der Waals surface area contributed by atoms with Crippen molar-refractivity contribution < 1.29 is 19.1 Å². The Morgan fingerprint density at radius 1 is 0.886 bits per heavy atom. The SMILES string of the molecule is COc1ccc(-c2nnc(SCC(=O)Nc3ccc(C(N)=O)cc3)n2-c2ccc(OC)cc2)cc1. The number of thioether (sulfide) groups is 1. The van der Waals surface area contributed by atoms with Crippen molar-refractivity contribution in [2.75, 3.05) is 25.3 Å². The van der Waals surface area contributed by atoms with E-state index in [4.69, 9.17) is 15.2 Å². The molecule has 0 aliphatic rings. The number of nitrogens with one attached hydrogen (secondary N) is 1. The predicted molar refractivity (Wildman–Crippen MR) is 134 cm³/mol. The van der Waals surface area contributed by atoms with Crippen LogP contribution in [0.4, 0.5) is 5.69 Å². The van der Waals surface area contributed by atoms with Gasteiger partial charge >= 0.3 is 0 Å². The molecule has 0 unspecified atom stereocenters. The topological polar surface area (TPSA) is 121 Å². The number of hydrogen-bond donors (Lipinski definition) is 2. The molecule has 10 heteroatoms. The van der Waals surface area contributed by atoms with E-state index < -0.39 is 5.91 Å². The standard InChI is InChI=1S/C25H23N5O4S/c1-33-20-11-5-17(6-12-20)24-28-29-25(30(24)19-9-13-21(34-2)14-10-19)35-15-22(31)27-18-7-3-16(4-8-18)23(26)32/h3-14H,15H2,1-2H3,(H2,26,32)(H,27,31). The molecule has 0 spiro atoms. The zero-order chi connectivity index (χ0) is 24.8. The maximum absolute atomic E-state index is 12.6. The van der Waals surface area contributed by atoms with Gasteiger partial charge in [0.2, 0.25) is 11.8 Å². The first-order chi connectivity index (χ1) is 17.0. The monoisotopic (exact) mass is 489 g/mol. The lowest BCUT2D eigenvalue weighted by atomic mass is 10.2. The fraction of sp³-hybridized carbons (Fsp3) is 0.120. The number of aromatic nitrogens is 3. The van der Waals surface area contributed by atoms with E-state index in [0.29, 0.717) is 22.2 Å². The van der Waals surface area contributed by atoms with E-state index in [2.05, 4.69) is 15.5 Å². The fourth-order valence-corrected chi connectivity index (χ4v) is 4.05. The third-order valence-electron chi connectivity index (χ3n) is 5.10. The van der Waals surface area contributed by atoms with Gasteiger partial charge in [0.1, 0.15) is 11.5 Å². The number of primary amides is 1. The normalized spacial score (nSPS) is 10.6. The molecule has 0 aliphatic heterocycles. The van der Waals surface area contributed by atoms with Gasteiger partial charge in [-0.05, 0) is 72.8 Å². The quantitative estimate of drug-likeness (QED) is 0.343. The van der Waals surface area contributed by atoms with E-state index in [1.165, 1.54) is 11.8 Å². The van der Waals surface area contributed by atoms with Gasteiger partial charge in [0.25, 0.3) is 0 Å². The number of benzene rings is 3. The lowest BCUT2D eigenvalue weighted by Gasteiger charge is -2.11. The molecule has 0 fully saturated rings. The highest BCUT2D eigenvalue weighted by Gasteiger charge is 2.18. The van der Waals surface area contributed by atoms with Crippen LogP contribution in [0.1, 0.15) is 10.4 Å². The van der Waals surface area contributed by atoms with E-state index in [0.717, 1.165) is 22.7 Å². The Morgan fingerprint density at radius 2 is 1.49 bits per heavy atom. The zero-order valence-electron chi connectivity index (χ0n) is 19.1. The maximum Gasteiger partial charge on any atom is 0.248 e. The number of hydrogen-bond acceptors (Lipinski definition) is 7. The second-order valence-corrected chi connectivity index (χ2v) is 8.29. The van der Waals surface area contributed by atoms with Crippen LogP contribution in [-0.2, 0) is 4.79 Å². The molecule has 0 radical (unpaired) electrons. The van der Waals surface area contributed by atoms with Gasteiger partial charge in [-0.15, -0.1) is 10.2 Å². The summed E-state index contributed by atoms with van der Waals surface area (Å²) in [7, 11) is 3.22. The van der Waals surface area contributed by atoms with Crippen LogP contribution in [0.2, 0.25) is 0 Å². The van der Waals surface area contributed by atoms with Crippen molar-refractivity contribution >= 4 is 29.3 Å². The van der Waals surface area contributed by atoms with Gasteiger partial charge in [0.05, 0.1) is 20.0 Å². The summed E-state index contributed by atoms with van der Waals surface area (Å²) in [5.74, 6) is 1.45. The summed E-state index contributed by atoms with van der Waals surface area (Å²) in [5.41, 5.74) is 7.87. The van der Waals surface area contributed by atoms with Crippen molar-refractivity contribution in [2.45, 2.75) is 5.16 Å². The second kappa shape index (κ2) is 10.7. The second-order valence-electron chi connectivity index (χ2n) is 7.35. The third kappa shape index (κ3) is 5.61. The predicted octanol–water partition coefficient (Wildman–Crippen LogP) is 3.78. The van der Waals surface area contributed by atoms with Gasteiger partial charge in [-0.3, -0.25) is 14.2 Å². The van der Waals surface area contributed by atoms with Crippen LogP contribution in [0.3, 0.4) is 0 Å². The van der Waals surface area contributed by atoms with Crippen LogP contribution in [0.5, 0.6) is 11.5 Å². The molecule has 0 aliphatic carbocycles. The lowest BCUT2D eigenvalue weighted by molar-refractivity contribution is -0.113. The van der Waals surface area contributed by atoms with Gasteiger partial charge in [-0.1, -0.05) is 11.8 Å². The number of carbonyl (C=O) groups excluding carboxylic acids is 2. The highest BCUT2D eigenvalue weighted by atomic mass is 32.2. The molecule has 0 saturated carbocycles. The van der Waals surface area contributed by atoms with Crippen LogP contribution in [0, 0.1) is 0 Å². The third-order valence-corrected chi connectivity index (χ3v) is 6.03. The smallest absolute Gasteiger partial charge is 0.248 e. The molecule has 1 heterocycles. The summed E-state index contributed by atoms with van der Waals surface area (Å²) in [6, 6.07) is 21.4. The Kier molecular flexibility index (Phi) is 7.32. The summed E-state index contributed by atoms with van der Waals surface area (Å²) in [6.45, 7) is 0. The minimum absolute atomic E-state index is 0.106. The van der Waals surface area contributed by atoms with Crippen LogP contribution in [0.15, 0.2) is 78.0 Å². The number of amides is 2. The number of rotatable bonds is 9. The molecule has 4 rings (SSSR count). The molecule has 9 nitrogen and oxygen atoms in total. The Balaban J connectivity index is 1.56. The first kappa shape index (κ1) is 23.8. The molecule has 4 aromatic rings. The van der Waals surface area contributed by atoms with Crippen molar-refractivity contribution in [3.05, 3.63) is 78.4 Å². The van der Waals surface area contributed by atoms with E-state index in [1.54, 1.807) is 38.5 Å². The summed E-state index contributed by atoms with van der Waals surface area (Å²) in [6.07, 6.45) is 0. The number of anilines is 1. The van der Waals surface area contributed by atoms with Gasteiger partial charge in [0.15, 0.2) is 11.0 Å². The van der Waals surface area contributed by atoms with Crippen molar-refractivity contribution in [1.29, 1.82) is 0 Å². The first-order valence-electron chi connectivity index (χ1n) is 10.6. The number of ether oxygens (including phenoxy) is 2. The van der Waals surface area contributed by atoms with Crippen molar-refractivity contribution in [3.8, 4) is 28.6 Å². The number of methoxy groups -OCH3 is 2. The van der Waals surface area contributed by atoms with Gasteiger partial charge in [-0.2, -0.15) is 0 Å². The van der Waals surface area contributed by atoms with Crippen LogP contribution in [-0.4, -0.2) is 46.6 Å². The van der Waals surface area contributed by atoms with Crippen molar-refractivity contribution in [1.82, 2.24) is 14.8 Å². The number of nitrogens with zero attached hydrogens (tertiary/aromatic N) is 3. The Hall–Kier alpha value is -4.31. The molecular formula is C25H23N5O4S. The maximum atomic E-state index is 12.6. The molecule has 2 amide bonds. The van der Waals surface area contributed by atoms with Crippen LogP contribution in [0.25, 0.3) is 17.1 Å². The average molecular weight is 490 g/mol. The molecule has 1 aromatic heterocycles. The molecule has 178 valence electrons. The fourth-order valence-electron chi connectivity index (χ4n) is 3.30. The Bertz CT molecular complexity index is 1320. The molecule has 0 atom stereocenters. The van der Waals surface area contributed by atoms with Gasteiger partial charge in [0, 0.05) is 22.5 Å². The molecule has 0 saturated heterocycles. The van der Waals surface area contributed by atoms with Crippen LogP contribution < -0.4 is 20.5 Å². The average Bonchev–Trinajstić information content (AvgIpc) is 3.32. The highest BCUT2D eigenvalue weighted by molar-refractivity contribution is 7.99. The highest BCUT2D eigenvalue weighted by Crippen LogP contribution is 2.30. The molecular weight excluding hydrogens is 466 g/mol. The molecule has 3 aromatic carbocycles. The Morgan fingerprint density at radius 3 is 2.06 bits per heavy atom. The van der Waals surface area contributed by atoms with Crippen molar-refractivity contribution in [2.24, 2.45) is 5.73 Å². The van der Waals surface area contributed by atoms with E-state index in [9.17, 15) is 9.59 Å². The zero-order valence-corrected chi connectivity index (χ0v) is 19.9. The lowest BCUT2D eigenvalue weighted by Crippen LogP contribution is -2.15.